The molecule has 0 fully saturated rings. The molecule has 1 aromatic carbocycles. The molecular weight excluding hydrogens is 258 g/mol. The number of hydrogen-bond acceptors (Lipinski definition) is 4. The monoisotopic (exact) mass is 267 g/mol. The molecule has 0 aliphatic heterocycles. The van der Waals surface area contributed by atoms with Gasteiger partial charge in [0.15, 0.2) is 5.02 Å². The van der Waals surface area contributed by atoms with Gasteiger partial charge < -0.3 is 14.9 Å². The third-order valence-electron chi connectivity index (χ3n) is 2.43. The number of methoxy groups -OCH3 is 1. The van der Waals surface area contributed by atoms with Crippen molar-refractivity contribution < 1.29 is 9.66 Å². The van der Waals surface area contributed by atoms with E-state index in [0.29, 0.717) is 0 Å². The van der Waals surface area contributed by atoms with Crippen molar-refractivity contribution in [3.63, 3.8) is 0 Å². The zero-order valence-corrected chi connectivity index (χ0v) is 10.3. The summed E-state index contributed by atoms with van der Waals surface area (Å²) in [5.74, 6) is 0.527. The van der Waals surface area contributed by atoms with Gasteiger partial charge in [-0.05, 0) is 22.6 Å². The molecule has 0 radical (unpaired) electrons. The quantitative estimate of drug-likeness (QED) is 0.630. The van der Waals surface area contributed by atoms with Gasteiger partial charge in [0.05, 0.1) is 13.3 Å². The third-order valence-corrected chi connectivity index (χ3v) is 2.70. The van der Waals surface area contributed by atoms with Gasteiger partial charge in [0.2, 0.25) is 0 Å². The Bertz CT molecular complexity index is 565. The summed E-state index contributed by atoms with van der Waals surface area (Å²) in [6.45, 7) is 0.285. The summed E-state index contributed by atoms with van der Waals surface area (Å²) in [5.41, 5.74) is 0.874. The largest absolute Gasteiger partial charge is 0.497 e. The number of rotatable bonds is 4. The average molecular weight is 268 g/mol. The van der Waals surface area contributed by atoms with Gasteiger partial charge in [-0.3, -0.25) is 0 Å². The van der Waals surface area contributed by atoms with Crippen LogP contribution in [0, 0.1) is 10.1 Å². The Labute approximate surface area is 108 Å². The average Bonchev–Trinajstić information content (AvgIpc) is 2.71. The van der Waals surface area contributed by atoms with Crippen LogP contribution in [0.3, 0.4) is 0 Å². The van der Waals surface area contributed by atoms with Gasteiger partial charge in [-0.25, -0.2) is 0 Å². The maximum absolute atomic E-state index is 10.8. The lowest BCUT2D eigenvalue weighted by atomic mass is 10.2. The minimum Gasteiger partial charge on any atom is -0.497 e. The summed E-state index contributed by atoms with van der Waals surface area (Å²) >= 11 is 5.71. The first kappa shape index (κ1) is 12.4. The first-order valence-corrected chi connectivity index (χ1v) is 5.48. The Balaban J connectivity index is 2.25. The van der Waals surface area contributed by atoms with E-state index < -0.39 is 4.92 Å². The van der Waals surface area contributed by atoms with Gasteiger partial charge in [0.25, 0.3) is 0 Å². The predicted octanol–water partition coefficient (Wildman–Crippen LogP) is 2.50. The summed E-state index contributed by atoms with van der Waals surface area (Å²) in [6, 6.07) is 7.20. The van der Waals surface area contributed by atoms with Gasteiger partial charge in [-0.1, -0.05) is 28.8 Å². The van der Waals surface area contributed by atoms with Gasteiger partial charge >= 0.3 is 5.82 Å². The van der Waals surface area contributed by atoms with Crippen molar-refractivity contribution in [1.29, 1.82) is 0 Å². The van der Waals surface area contributed by atoms with Crippen LogP contribution in [0.5, 0.6) is 5.75 Å². The fourth-order valence-corrected chi connectivity index (χ4v) is 1.77. The van der Waals surface area contributed by atoms with Crippen LogP contribution < -0.4 is 4.74 Å². The van der Waals surface area contributed by atoms with Crippen LogP contribution in [0.25, 0.3) is 0 Å². The Morgan fingerprint density at radius 3 is 2.67 bits per heavy atom. The molecule has 0 bridgehead atoms. The molecule has 0 N–H and O–H groups in total. The zero-order valence-electron chi connectivity index (χ0n) is 9.54. The van der Waals surface area contributed by atoms with Crippen LogP contribution in [-0.4, -0.2) is 21.8 Å². The highest BCUT2D eigenvalue weighted by Crippen LogP contribution is 2.24. The molecule has 1 aromatic heterocycles. The fraction of sp³-hybridized carbons (Fsp3) is 0.182. The lowest BCUT2D eigenvalue weighted by molar-refractivity contribution is -0.392. The molecule has 2 rings (SSSR count). The second-order valence-electron chi connectivity index (χ2n) is 3.58. The van der Waals surface area contributed by atoms with Crippen LogP contribution >= 0.6 is 11.6 Å². The number of nitro groups is 1. The summed E-state index contributed by atoms with van der Waals surface area (Å²) < 4.78 is 6.29. The fourth-order valence-electron chi connectivity index (χ4n) is 1.56. The molecule has 0 aliphatic rings. The number of halogens is 1. The van der Waals surface area contributed by atoms with Crippen LogP contribution in [-0.2, 0) is 6.54 Å². The second-order valence-corrected chi connectivity index (χ2v) is 3.99. The Morgan fingerprint density at radius 1 is 1.44 bits per heavy atom. The van der Waals surface area contributed by atoms with Crippen molar-refractivity contribution in [1.82, 2.24) is 9.78 Å². The molecule has 7 heteroatoms. The van der Waals surface area contributed by atoms with E-state index in [1.54, 1.807) is 19.2 Å². The Morgan fingerprint density at radius 2 is 2.11 bits per heavy atom. The molecule has 0 unspecified atom stereocenters. The van der Waals surface area contributed by atoms with E-state index in [1.165, 1.54) is 10.9 Å². The molecule has 0 saturated carbocycles. The third kappa shape index (κ3) is 2.43. The lowest BCUT2D eigenvalue weighted by Gasteiger charge is -2.02. The Hall–Kier alpha value is -2.08. The standard InChI is InChI=1S/C11H10ClN3O3/c1-18-9-4-2-8(3-5-9)7-14-11(15(16)17)10(12)6-13-14/h2-6H,7H2,1H3. The SMILES string of the molecule is COc1ccc(Cn2ncc(Cl)c2[N+](=O)[O-])cc1. The molecule has 0 atom stereocenters. The van der Waals surface area contributed by atoms with E-state index in [-0.39, 0.29) is 17.4 Å². The maximum Gasteiger partial charge on any atom is 0.364 e. The molecule has 0 saturated heterocycles. The first-order valence-electron chi connectivity index (χ1n) is 5.10. The Kier molecular flexibility index (Phi) is 3.47. The van der Waals surface area contributed by atoms with E-state index in [0.717, 1.165) is 11.3 Å². The van der Waals surface area contributed by atoms with Crippen LogP contribution in [0.2, 0.25) is 5.02 Å². The number of ether oxygens (including phenoxy) is 1. The lowest BCUT2D eigenvalue weighted by Crippen LogP contribution is -2.06. The smallest absolute Gasteiger partial charge is 0.364 e. The molecule has 0 aliphatic carbocycles. The summed E-state index contributed by atoms with van der Waals surface area (Å²) in [7, 11) is 1.58. The van der Waals surface area contributed by atoms with Gasteiger partial charge in [-0.2, -0.15) is 0 Å². The van der Waals surface area contributed by atoms with Gasteiger partial charge in [-0.15, -0.1) is 4.68 Å². The van der Waals surface area contributed by atoms with E-state index in [9.17, 15) is 10.1 Å². The molecule has 6 nitrogen and oxygen atoms in total. The molecule has 18 heavy (non-hydrogen) atoms. The summed E-state index contributed by atoms with van der Waals surface area (Å²) in [5, 5.41) is 14.8. The first-order chi connectivity index (χ1) is 8.61. The minimum atomic E-state index is -0.543. The molecule has 0 spiro atoms. The van der Waals surface area contributed by atoms with E-state index in [1.807, 2.05) is 12.1 Å². The van der Waals surface area contributed by atoms with Gasteiger partial charge in [0.1, 0.15) is 12.3 Å². The topological polar surface area (TPSA) is 70.2 Å². The predicted molar refractivity (Wildman–Crippen MR) is 66.0 cm³/mol. The highest BCUT2D eigenvalue weighted by molar-refractivity contribution is 6.32. The highest BCUT2D eigenvalue weighted by atomic mass is 35.5. The minimum absolute atomic E-state index is 0.0357. The van der Waals surface area contributed by atoms with Crippen molar-refractivity contribution in [3.05, 3.63) is 51.2 Å². The van der Waals surface area contributed by atoms with E-state index >= 15 is 0 Å². The second kappa shape index (κ2) is 5.05. The molecule has 2 aromatic rings. The van der Waals surface area contributed by atoms with Crippen LogP contribution in [0.15, 0.2) is 30.5 Å². The normalized spacial score (nSPS) is 10.3. The zero-order chi connectivity index (χ0) is 13.1. The number of hydrogen-bond donors (Lipinski definition) is 0. The molecule has 1 heterocycles. The summed E-state index contributed by atoms with van der Waals surface area (Å²) in [6.07, 6.45) is 1.27. The number of benzene rings is 1. The van der Waals surface area contributed by atoms with E-state index in [2.05, 4.69) is 5.10 Å². The van der Waals surface area contributed by atoms with Crippen LogP contribution in [0.4, 0.5) is 5.82 Å². The molecule has 94 valence electrons. The maximum atomic E-state index is 10.8. The molecular formula is C11H10ClN3O3. The number of nitrogens with zero attached hydrogens (tertiary/aromatic N) is 3. The summed E-state index contributed by atoms with van der Waals surface area (Å²) in [4.78, 5) is 10.3. The van der Waals surface area contributed by atoms with Crippen molar-refractivity contribution >= 4 is 17.4 Å². The van der Waals surface area contributed by atoms with Crippen LogP contribution in [0.1, 0.15) is 5.56 Å². The highest BCUT2D eigenvalue weighted by Gasteiger charge is 2.20. The van der Waals surface area contributed by atoms with Crippen molar-refractivity contribution in [3.8, 4) is 5.75 Å². The van der Waals surface area contributed by atoms with Crippen molar-refractivity contribution in [2.75, 3.05) is 7.11 Å². The van der Waals surface area contributed by atoms with E-state index in [4.69, 9.17) is 16.3 Å². The number of aromatic nitrogens is 2. The molecule has 0 amide bonds. The van der Waals surface area contributed by atoms with Crippen molar-refractivity contribution in [2.45, 2.75) is 6.54 Å². The van der Waals surface area contributed by atoms with Crippen molar-refractivity contribution in [2.24, 2.45) is 0 Å². The van der Waals surface area contributed by atoms with Gasteiger partial charge in [0, 0.05) is 0 Å².